The number of imidazole rings is 1. The van der Waals surface area contributed by atoms with E-state index in [1.165, 1.54) is 0 Å². The molecule has 2 aromatic heterocycles. The monoisotopic (exact) mass is 267 g/mol. The minimum absolute atomic E-state index is 0.0891. The van der Waals surface area contributed by atoms with E-state index in [1.807, 2.05) is 24.3 Å². The van der Waals surface area contributed by atoms with Crippen LogP contribution >= 0.6 is 0 Å². The highest BCUT2D eigenvalue weighted by Crippen LogP contribution is 2.11. The van der Waals surface area contributed by atoms with Gasteiger partial charge in [-0.2, -0.15) is 4.98 Å². The van der Waals surface area contributed by atoms with Crippen molar-refractivity contribution in [3.63, 3.8) is 0 Å². The molecular formula is C14H13N5O. The Hall–Kier alpha value is -2.89. The Morgan fingerprint density at radius 3 is 2.80 bits per heavy atom. The molecule has 0 aliphatic carbocycles. The van der Waals surface area contributed by atoms with Crippen LogP contribution in [0, 0.1) is 0 Å². The second kappa shape index (κ2) is 4.65. The van der Waals surface area contributed by atoms with Crippen molar-refractivity contribution in [2.75, 3.05) is 5.73 Å². The van der Waals surface area contributed by atoms with Crippen LogP contribution in [-0.4, -0.2) is 19.5 Å². The van der Waals surface area contributed by atoms with Gasteiger partial charge in [0, 0.05) is 0 Å². The van der Waals surface area contributed by atoms with E-state index in [-0.39, 0.29) is 11.5 Å². The highest BCUT2D eigenvalue weighted by Gasteiger charge is 2.09. The summed E-state index contributed by atoms with van der Waals surface area (Å²) in [5, 5.41) is 0. The third kappa shape index (κ3) is 2.07. The van der Waals surface area contributed by atoms with E-state index in [2.05, 4.69) is 21.5 Å². The van der Waals surface area contributed by atoms with Gasteiger partial charge in [-0.25, -0.2) is 4.98 Å². The number of aromatic nitrogens is 4. The van der Waals surface area contributed by atoms with Crippen LogP contribution in [0.2, 0.25) is 0 Å². The zero-order valence-electron chi connectivity index (χ0n) is 10.7. The van der Waals surface area contributed by atoms with Crippen LogP contribution in [0.4, 0.5) is 5.95 Å². The van der Waals surface area contributed by atoms with Crippen molar-refractivity contribution >= 4 is 23.2 Å². The molecule has 0 unspecified atom stereocenters. The molecule has 0 bridgehead atoms. The van der Waals surface area contributed by atoms with Gasteiger partial charge in [0.25, 0.3) is 5.56 Å². The van der Waals surface area contributed by atoms with E-state index in [0.717, 1.165) is 11.1 Å². The first-order valence-electron chi connectivity index (χ1n) is 6.09. The minimum atomic E-state index is -0.326. The normalized spacial score (nSPS) is 10.8. The lowest BCUT2D eigenvalue weighted by molar-refractivity contribution is 0.813. The topological polar surface area (TPSA) is 89.6 Å². The van der Waals surface area contributed by atoms with Crippen molar-refractivity contribution in [2.45, 2.75) is 6.54 Å². The molecule has 0 radical (unpaired) electrons. The summed E-state index contributed by atoms with van der Waals surface area (Å²) in [4.78, 5) is 22.3. The first-order chi connectivity index (χ1) is 9.67. The van der Waals surface area contributed by atoms with Crippen molar-refractivity contribution in [3.05, 3.63) is 58.7 Å². The van der Waals surface area contributed by atoms with Gasteiger partial charge in [-0.15, -0.1) is 0 Å². The zero-order chi connectivity index (χ0) is 14.1. The summed E-state index contributed by atoms with van der Waals surface area (Å²) in [5.74, 6) is 0.0891. The minimum Gasteiger partial charge on any atom is -0.369 e. The molecule has 0 saturated carbocycles. The van der Waals surface area contributed by atoms with Gasteiger partial charge < -0.3 is 10.3 Å². The van der Waals surface area contributed by atoms with E-state index in [1.54, 1.807) is 17.0 Å². The number of fused-ring (bicyclic) bond motifs is 1. The number of anilines is 1. The van der Waals surface area contributed by atoms with Crippen LogP contribution in [0.15, 0.2) is 42.0 Å². The first-order valence-corrected chi connectivity index (χ1v) is 6.09. The fourth-order valence-electron chi connectivity index (χ4n) is 2.04. The first kappa shape index (κ1) is 12.2. The third-order valence-corrected chi connectivity index (χ3v) is 3.06. The molecule has 0 saturated heterocycles. The Kier molecular flexibility index (Phi) is 2.83. The van der Waals surface area contributed by atoms with Gasteiger partial charge in [-0.1, -0.05) is 36.9 Å². The van der Waals surface area contributed by atoms with Gasteiger partial charge in [-0.05, 0) is 11.1 Å². The number of hydrogen-bond acceptors (Lipinski definition) is 4. The summed E-state index contributed by atoms with van der Waals surface area (Å²) >= 11 is 0. The van der Waals surface area contributed by atoms with E-state index < -0.39 is 0 Å². The number of benzene rings is 1. The van der Waals surface area contributed by atoms with E-state index >= 15 is 0 Å². The number of aromatic amines is 1. The molecule has 3 aromatic rings. The van der Waals surface area contributed by atoms with Crippen molar-refractivity contribution in [1.82, 2.24) is 19.5 Å². The summed E-state index contributed by atoms with van der Waals surface area (Å²) in [6.45, 7) is 4.29. The van der Waals surface area contributed by atoms with Gasteiger partial charge in [0.15, 0.2) is 11.2 Å². The number of nitrogen functional groups attached to an aromatic ring is 1. The van der Waals surface area contributed by atoms with Crippen molar-refractivity contribution in [3.8, 4) is 0 Å². The maximum Gasteiger partial charge on any atom is 0.280 e. The van der Waals surface area contributed by atoms with Crippen LogP contribution in [0.1, 0.15) is 11.1 Å². The fourth-order valence-corrected chi connectivity index (χ4v) is 2.04. The Morgan fingerprint density at radius 1 is 1.35 bits per heavy atom. The van der Waals surface area contributed by atoms with Gasteiger partial charge in [-0.3, -0.25) is 9.78 Å². The number of H-pyrrole nitrogens is 1. The number of nitrogens with zero attached hydrogens (tertiary/aromatic N) is 3. The molecule has 3 N–H and O–H groups in total. The fraction of sp³-hybridized carbons (Fsp3) is 0.0714. The van der Waals surface area contributed by atoms with Crippen LogP contribution < -0.4 is 11.3 Å². The Balaban J connectivity index is 2.02. The predicted octanol–water partition coefficient (Wildman–Crippen LogP) is 1.39. The molecule has 0 spiro atoms. The number of nitrogens with two attached hydrogens (primary N) is 1. The lowest BCUT2D eigenvalue weighted by Crippen LogP contribution is -2.12. The van der Waals surface area contributed by atoms with Gasteiger partial charge in [0.2, 0.25) is 5.95 Å². The van der Waals surface area contributed by atoms with E-state index in [4.69, 9.17) is 5.73 Å². The van der Waals surface area contributed by atoms with E-state index in [0.29, 0.717) is 17.7 Å². The molecule has 20 heavy (non-hydrogen) atoms. The maximum absolute atomic E-state index is 11.7. The lowest BCUT2D eigenvalue weighted by atomic mass is 10.1. The third-order valence-electron chi connectivity index (χ3n) is 3.06. The van der Waals surface area contributed by atoms with Gasteiger partial charge >= 0.3 is 0 Å². The molecule has 0 fully saturated rings. The highest BCUT2D eigenvalue weighted by atomic mass is 16.1. The van der Waals surface area contributed by atoms with Crippen molar-refractivity contribution < 1.29 is 0 Å². The Morgan fingerprint density at radius 2 is 2.10 bits per heavy atom. The molecule has 0 aliphatic heterocycles. The Labute approximate surface area is 114 Å². The molecule has 2 heterocycles. The lowest BCUT2D eigenvalue weighted by Gasteiger charge is -2.04. The number of hydrogen-bond donors (Lipinski definition) is 2. The molecule has 6 nitrogen and oxygen atoms in total. The average Bonchev–Trinajstić information content (AvgIpc) is 2.83. The van der Waals surface area contributed by atoms with Gasteiger partial charge in [0.05, 0.1) is 12.9 Å². The second-order valence-electron chi connectivity index (χ2n) is 4.44. The smallest absolute Gasteiger partial charge is 0.280 e. The van der Waals surface area contributed by atoms with Crippen LogP contribution in [0.5, 0.6) is 0 Å². The van der Waals surface area contributed by atoms with Crippen LogP contribution in [0.25, 0.3) is 17.2 Å². The van der Waals surface area contributed by atoms with Crippen LogP contribution in [0.3, 0.4) is 0 Å². The standard InChI is InChI=1S/C14H13N5O/c1-2-9-3-5-10(6-4-9)7-19-8-16-11-12(19)17-14(15)18-13(11)20/h2-6,8H,1,7H2,(H3,15,17,18,20). The second-order valence-corrected chi connectivity index (χ2v) is 4.44. The molecule has 6 heteroatoms. The molecule has 100 valence electrons. The zero-order valence-corrected chi connectivity index (χ0v) is 10.7. The summed E-state index contributed by atoms with van der Waals surface area (Å²) in [7, 11) is 0. The van der Waals surface area contributed by atoms with Crippen molar-refractivity contribution in [2.24, 2.45) is 0 Å². The predicted molar refractivity (Wildman–Crippen MR) is 78.2 cm³/mol. The average molecular weight is 267 g/mol. The number of rotatable bonds is 3. The maximum atomic E-state index is 11.7. The SMILES string of the molecule is C=Cc1ccc(Cn2cnc3c(=O)[nH]c(N)nc32)cc1. The largest absolute Gasteiger partial charge is 0.369 e. The molecule has 0 atom stereocenters. The summed E-state index contributed by atoms with van der Waals surface area (Å²) < 4.78 is 1.80. The van der Waals surface area contributed by atoms with Gasteiger partial charge in [0.1, 0.15) is 0 Å². The summed E-state index contributed by atoms with van der Waals surface area (Å²) in [5.41, 5.74) is 8.16. The summed E-state index contributed by atoms with van der Waals surface area (Å²) in [6, 6.07) is 7.96. The van der Waals surface area contributed by atoms with Crippen molar-refractivity contribution in [1.29, 1.82) is 0 Å². The quantitative estimate of drug-likeness (QED) is 0.750. The highest BCUT2D eigenvalue weighted by molar-refractivity contribution is 5.70. The molecular weight excluding hydrogens is 254 g/mol. The molecule has 1 aromatic carbocycles. The van der Waals surface area contributed by atoms with Crippen LogP contribution in [-0.2, 0) is 6.54 Å². The van der Waals surface area contributed by atoms with E-state index in [9.17, 15) is 4.79 Å². The molecule has 3 rings (SSSR count). The molecule has 0 amide bonds. The molecule has 0 aliphatic rings. The Bertz CT molecular complexity index is 829. The summed E-state index contributed by atoms with van der Waals surface area (Å²) in [6.07, 6.45) is 3.38. The number of nitrogens with one attached hydrogen (secondary N) is 1.